The van der Waals surface area contributed by atoms with Crippen molar-refractivity contribution < 1.29 is 9.53 Å². The number of halogens is 3. The molecule has 1 aromatic carbocycles. The zero-order chi connectivity index (χ0) is 11.4. The molecule has 0 unspecified atom stereocenters. The summed E-state index contributed by atoms with van der Waals surface area (Å²) in [5.74, 6) is 2.41. The molecule has 0 N–H and O–H groups in total. The van der Waals surface area contributed by atoms with Gasteiger partial charge in [-0.3, -0.25) is 4.79 Å². The Hall–Kier alpha value is -0.880. The minimum atomic E-state index is -0.702. The van der Waals surface area contributed by atoms with Crippen LogP contribution in [0.5, 0.6) is 5.75 Å². The van der Waals surface area contributed by atoms with Gasteiger partial charge in [0.2, 0.25) is 0 Å². The van der Waals surface area contributed by atoms with Crippen LogP contribution in [0.1, 0.15) is 10.4 Å². The summed E-state index contributed by atoms with van der Waals surface area (Å²) in [6, 6.07) is 2.81. The summed E-state index contributed by atoms with van der Waals surface area (Å²) in [6.45, 7) is -0.00147. The summed E-state index contributed by atoms with van der Waals surface area (Å²) in [6.07, 6.45) is 5.02. The van der Waals surface area contributed by atoms with Gasteiger partial charge in [0.15, 0.2) is 5.75 Å². The molecule has 0 atom stereocenters. The molecule has 0 bridgehead atoms. The smallest absolute Gasteiger partial charge is 0.256 e. The number of benzene rings is 1. The number of carbonyl (C=O) groups is 1. The number of carbonyl (C=O) groups excluding carboxylic acids is 1. The van der Waals surface area contributed by atoms with Crippen molar-refractivity contribution in [2.24, 2.45) is 0 Å². The maximum atomic E-state index is 11.1. The largest absolute Gasteiger partial charge is 0.479 e. The molecule has 0 spiro atoms. The molecule has 0 amide bonds. The third kappa shape index (κ3) is 3.04. The molecule has 15 heavy (non-hydrogen) atoms. The molecule has 0 aliphatic heterocycles. The van der Waals surface area contributed by atoms with Crippen molar-refractivity contribution >= 4 is 40.0 Å². The Bertz CT molecular complexity index is 435. The van der Waals surface area contributed by atoms with Crippen molar-refractivity contribution in [2.75, 3.05) is 6.61 Å². The molecule has 2 nitrogen and oxygen atoms in total. The first-order chi connectivity index (χ1) is 7.06. The molecular weight excluding hydrogens is 258 g/mol. The van der Waals surface area contributed by atoms with Gasteiger partial charge >= 0.3 is 0 Å². The highest BCUT2D eigenvalue weighted by molar-refractivity contribution is 6.68. The highest BCUT2D eigenvalue weighted by atomic mass is 35.5. The van der Waals surface area contributed by atoms with Gasteiger partial charge in [0.05, 0.1) is 10.6 Å². The molecule has 78 valence electrons. The van der Waals surface area contributed by atoms with E-state index in [1.54, 1.807) is 0 Å². The van der Waals surface area contributed by atoms with E-state index in [2.05, 4.69) is 5.92 Å². The standard InChI is InChI=1S/C10H5Cl3O2/c1-2-3-15-9-7(10(13)14)4-6(11)5-8(9)12/h1,4-5H,3H2. The van der Waals surface area contributed by atoms with Crippen molar-refractivity contribution in [2.45, 2.75) is 0 Å². The molecule has 0 aromatic heterocycles. The molecule has 0 aliphatic rings. The summed E-state index contributed by atoms with van der Waals surface area (Å²) in [5, 5.41) is -0.203. The molecule has 1 aromatic rings. The molecule has 0 saturated heterocycles. The lowest BCUT2D eigenvalue weighted by atomic mass is 10.2. The van der Waals surface area contributed by atoms with Crippen LogP contribution in [0.25, 0.3) is 0 Å². The van der Waals surface area contributed by atoms with Crippen molar-refractivity contribution in [3.8, 4) is 18.1 Å². The zero-order valence-corrected chi connectivity index (χ0v) is 9.66. The van der Waals surface area contributed by atoms with E-state index in [0.717, 1.165) is 0 Å². The van der Waals surface area contributed by atoms with Crippen LogP contribution in [0.2, 0.25) is 10.0 Å². The van der Waals surface area contributed by atoms with Gasteiger partial charge in [-0.25, -0.2) is 0 Å². The van der Waals surface area contributed by atoms with Crippen LogP contribution in [-0.2, 0) is 0 Å². The average Bonchev–Trinajstić information content (AvgIpc) is 2.15. The molecule has 1 rings (SSSR count). The fourth-order valence-corrected chi connectivity index (χ4v) is 1.66. The van der Waals surface area contributed by atoms with Crippen LogP contribution < -0.4 is 4.74 Å². The highest BCUT2D eigenvalue weighted by Gasteiger charge is 2.15. The molecule has 0 radical (unpaired) electrons. The fraction of sp³-hybridized carbons (Fsp3) is 0.100. The van der Waals surface area contributed by atoms with Crippen LogP contribution in [0.3, 0.4) is 0 Å². The third-order valence-electron chi connectivity index (χ3n) is 1.52. The fourth-order valence-electron chi connectivity index (χ4n) is 0.967. The summed E-state index contributed by atoms with van der Waals surface area (Å²) >= 11 is 16.9. The van der Waals surface area contributed by atoms with Crippen molar-refractivity contribution in [3.05, 3.63) is 27.7 Å². The predicted octanol–water partition coefficient (Wildman–Crippen LogP) is 3.38. The van der Waals surface area contributed by atoms with Gasteiger partial charge in [0.1, 0.15) is 6.61 Å². The zero-order valence-electron chi connectivity index (χ0n) is 7.39. The lowest BCUT2D eigenvalue weighted by Crippen LogP contribution is -2.01. The van der Waals surface area contributed by atoms with Crippen LogP contribution in [0, 0.1) is 12.3 Å². The van der Waals surface area contributed by atoms with Gasteiger partial charge in [-0.15, -0.1) is 6.42 Å². The van der Waals surface area contributed by atoms with Gasteiger partial charge < -0.3 is 4.74 Å². The maximum absolute atomic E-state index is 11.1. The number of hydrogen-bond donors (Lipinski definition) is 0. The Morgan fingerprint density at radius 1 is 1.47 bits per heavy atom. The topological polar surface area (TPSA) is 26.3 Å². The number of hydrogen-bond acceptors (Lipinski definition) is 2. The second-order valence-electron chi connectivity index (χ2n) is 2.53. The molecule has 0 fully saturated rings. The van der Waals surface area contributed by atoms with Gasteiger partial charge in [-0.1, -0.05) is 29.1 Å². The van der Waals surface area contributed by atoms with Crippen LogP contribution >= 0.6 is 34.8 Å². The van der Waals surface area contributed by atoms with E-state index in [1.165, 1.54) is 12.1 Å². The van der Waals surface area contributed by atoms with Crippen molar-refractivity contribution in [1.29, 1.82) is 0 Å². The van der Waals surface area contributed by atoms with Gasteiger partial charge in [0, 0.05) is 5.02 Å². The lowest BCUT2D eigenvalue weighted by Gasteiger charge is -2.09. The first-order valence-corrected chi connectivity index (χ1v) is 4.94. The number of rotatable bonds is 3. The van der Waals surface area contributed by atoms with E-state index < -0.39 is 5.24 Å². The lowest BCUT2D eigenvalue weighted by molar-refractivity contribution is 0.107. The quantitative estimate of drug-likeness (QED) is 0.617. The Kier molecular flexibility index (Phi) is 4.28. The second kappa shape index (κ2) is 5.27. The normalized spacial score (nSPS) is 9.47. The van der Waals surface area contributed by atoms with E-state index >= 15 is 0 Å². The summed E-state index contributed by atoms with van der Waals surface area (Å²) < 4.78 is 5.10. The van der Waals surface area contributed by atoms with E-state index in [4.69, 9.17) is 46.0 Å². The Morgan fingerprint density at radius 2 is 2.13 bits per heavy atom. The first kappa shape index (κ1) is 12.2. The van der Waals surface area contributed by atoms with E-state index in [9.17, 15) is 4.79 Å². The minimum Gasteiger partial charge on any atom is -0.479 e. The van der Waals surface area contributed by atoms with Crippen LogP contribution in [-0.4, -0.2) is 11.8 Å². The average molecular weight is 264 g/mol. The van der Waals surface area contributed by atoms with Gasteiger partial charge in [-0.05, 0) is 23.7 Å². The predicted molar refractivity (Wildman–Crippen MR) is 61.0 cm³/mol. The van der Waals surface area contributed by atoms with Gasteiger partial charge in [0.25, 0.3) is 5.24 Å². The summed E-state index contributed by atoms with van der Waals surface area (Å²) in [5.41, 5.74) is 0.101. The minimum absolute atomic E-state index is 0.00147. The van der Waals surface area contributed by atoms with Crippen molar-refractivity contribution in [1.82, 2.24) is 0 Å². The molecule has 0 heterocycles. The van der Waals surface area contributed by atoms with E-state index in [1.807, 2.05) is 0 Å². The van der Waals surface area contributed by atoms with Crippen LogP contribution in [0.4, 0.5) is 0 Å². The number of terminal acetylenes is 1. The monoisotopic (exact) mass is 262 g/mol. The Labute approximate surface area is 102 Å². The highest BCUT2D eigenvalue weighted by Crippen LogP contribution is 2.33. The Morgan fingerprint density at radius 3 is 2.67 bits per heavy atom. The second-order valence-corrected chi connectivity index (χ2v) is 3.72. The van der Waals surface area contributed by atoms with E-state index in [0.29, 0.717) is 5.02 Å². The molecule has 0 saturated carbocycles. The van der Waals surface area contributed by atoms with Crippen LogP contribution in [0.15, 0.2) is 12.1 Å². The molecule has 0 aliphatic carbocycles. The SMILES string of the molecule is C#CCOc1c(Cl)cc(Cl)cc1C(=O)Cl. The van der Waals surface area contributed by atoms with E-state index in [-0.39, 0.29) is 22.9 Å². The summed E-state index contributed by atoms with van der Waals surface area (Å²) in [7, 11) is 0. The first-order valence-electron chi connectivity index (χ1n) is 3.81. The summed E-state index contributed by atoms with van der Waals surface area (Å²) in [4.78, 5) is 11.1. The van der Waals surface area contributed by atoms with Gasteiger partial charge in [-0.2, -0.15) is 0 Å². The molecule has 5 heteroatoms. The van der Waals surface area contributed by atoms with Crippen molar-refractivity contribution in [3.63, 3.8) is 0 Å². The Balaban J connectivity index is 3.22. The molecular formula is C10H5Cl3O2. The number of ether oxygens (including phenoxy) is 1. The third-order valence-corrected chi connectivity index (χ3v) is 2.22. The maximum Gasteiger partial charge on any atom is 0.256 e.